The minimum Gasteiger partial charge on any atom is -0.339 e. The molecule has 0 unspecified atom stereocenters. The van der Waals surface area contributed by atoms with Crippen molar-refractivity contribution in [2.75, 3.05) is 13.6 Å². The van der Waals surface area contributed by atoms with Gasteiger partial charge in [-0.05, 0) is 20.8 Å². The molecule has 4 nitrogen and oxygen atoms in total. The van der Waals surface area contributed by atoms with Gasteiger partial charge < -0.3 is 10.6 Å². The van der Waals surface area contributed by atoms with Gasteiger partial charge in [-0.25, -0.2) is 4.98 Å². The van der Waals surface area contributed by atoms with Crippen LogP contribution in [0.3, 0.4) is 0 Å². The van der Waals surface area contributed by atoms with E-state index in [0.29, 0.717) is 13.1 Å². The fraction of sp³-hybridized carbons (Fsp3) is 0.636. The van der Waals surface area contributed by atoms with Gasteiger partial charge in [0.2, 0.25) is 5.91 Å². The van der Waals surface area contributed by atoms with Crippen LogP contribution in [0.2, 0.25) is 0 Å². The molecular formula is C11H21Cl2N3OS. The first-order valence-electron chi connectivity index (χ1n) is 5.23. The van der Waals surface area contributed by atoms with Crippen LogP contribution in [0.25, 0.3) is 0 Å². The summed E-state index contributed by atoms with van der Waals surface area (Å²) in [5, 5.41) is 3.00. The Morgan fingerprint density at radius 2 is 2.06 bits per heavy atom. The van der Waals surface area contributed by atoms with Crippen molar-refractivity contribution in [1.29, 1.82) is 0 Å². The summed E-state index contributed by atoms with van der Waals surface area (Å²) in [7, 11) is 1.79. The molecule has 2 N–H and O–H groups in total. The lowest BCUT2D eigenvalue weighted by atomic mass is 9.92. The zero-order valence-electron chi connectivity index (χ0n) is 11.1. The van der Waals surface area contributed by atoms with Crippen molar-refractivity contribution in [3.05, 3.63) is 16.1 Å². The molecule has 7 heteroatoms. The van der Waals surface area contributed by atoms with Gasteiger partial charge in [0.1, 0.15) is 0 Å². The monoisotopic (exact) mass is 313 g/mol. The van der Waals surface area contributed by atoms with Crippen molar-refractivity contribution in [1.82, 2.24) is 9.88 Å². The van der Waals surface area contributed by atoms with Crippen LogP contribution in [0, 0.1) is 12.3 Å². The van der Waals surface area contributed by atoms with E-state index in [0.717, 1.165) is 10.7 Å². The summed E-state index contributed by atoms with van der Waals surface area (Å²) in [6.45, 7) is 6.58. The molecule has 1 amide bonds. The molecular weight excluding hydrogens is 293 g/mol. The SMILES string of the molecule is Cc1nc(CN(C)C(=O)C(C)(C)CN)cs1.Cl.Cl. The molecule has 0 bridgehead atoms. The first-order chi connectivity index (χ1) is 7.36. The van der Waals surface area contributed by atoms with Crippen molar-refractivity contribution < 1.29 is 4.79 Å². The number of amides is 1. The van der Waals surface area contributed by atoms with E-state index in [1.165, 1.54) is 0 Å². The molecule has 0 fully saturated rings. The fourth-order valence-corrected chi connectivity index (χ4v) is 2.00. The number of carbonyl (C=O) groups excluding carboxylic acids is 1. The van der Waals surface area contributed by atoms with Gasteiger partial charge in [0.15, 0.2) is 0 Å². The van der Waals surface area contributed by atoms with Crippen LogP contribution in [0.15, 0.2) is 5.38 Å². The standard InChI is InChI=1S/C11H19N3OS.2ClH/c1-8-13-9(6-16-8)5-14(4)10(15)11(2,3)7-12;;/h6H,5,7,12H2,1-4H3;2*1H. The maximum atomic E-state index is 12.0. The van der Waals surface area contributed by atoms with Gasteiger partial charge in [-0.2, -0.15) is 0 Å². The summed E-state index contributed by atoms with van der Waals surface area (Å²) in [4.78, 5) is 18.0. The number of carbonyl (C=O) groups is 1. The number of halogens is 2. The summed E-state index contributed by atoms with van der Waals surface area (Å²) in [5.74, 6) is 0.0562. The molecule has 106 valence electrons. The Balaban J connectivity index is 0. The number of thiazole rings is 1. The minimum absolute atomic E-state index is 0. The molecule has 0 saturated carbocycles. The highest BCUT2D eigenvalue weighted by Gasteiger charge is 2.28. The second-order valence-corrected chi connectivity index (χ2v) is 5.67. The van der Waals surface area contributed by atoms with Crippen molar-refractivity contribution in [2.45, 2.75) is 27.3 Å². The molecule has 0 aliphatic rings. The van der Waals surface area contributed by atoms with E-state index in [2.05, 4.69) is 4.98 Å². The third-order valence-electron chi connectivity index (χ3n) is 2.50. The third kappa shape index (κ3) is 5.10. The van der Waals surface area contributed by atoms with E-state index < -0.39 is 5.41 Å². The Hall–Kier alpha value is -0.360. The Kier molecular flexibility index (Phi) is 8.81. The van der Waals surface area contributed by atoms with E-state index in [1.807, 2.05) is 26.2 Å². The Morgan fingerprint density at radius 3 is 2.44 bits per heavy atom. The average Bonchev–Trinajstić information content (AvgIpc) is 2.62. The summed E-state index contributed by atoms with van der Waals surface area (Å²) in [6.07, 6.45) is 0. The minimum atomic E-state index is -0.500. The highest BCUT2D eigenvalue weighted by atomic mass is 35.5. The van der Waals surface area contributed by atoms with Crippen molar-refractivity contribution >= 4 is 42.1 Å². The van der Waals surface area contributed by atoms with Crippen LogP contribution >= 0.6 is 36.2 Å². The zero-order chi connectivity index (χ0) is 12.3. The Bertz CT molecular complexity index is 382. The van der Waals surface area contributed by atoms with Crippen LogP contribution in [0.1, 0.15) is 24.5 Å². The number of nitrogens with two attached hydrogens (primary N) is 1. The lowest BCUT2D eigenvalue weighted by molar-refractivity contribution is -0.139. The Labute approximate surface area is 125 Å². The number of aromatic nitrogens is 1. The highest BCUT2D eigenvalue weighted by Crippen LogP contribution is 2.18. The summed E-state index contributed by atoms with van der Waals surface area (Å²) in [6, 6.07) is 0. The van der Waals surface area contributed by atoms with Crippen LogP contribution in [0.4, 0.5) is 0 Å². The fourth-order valence-electron chi connectivity index (χ4n) is 1.40. The lowest BCUT2D eigenvalue weighted by Gasteiger charge is -2.27. The van der Waals surface area contributed by atoms with E-state index in [-0.39, 0.29) is 30.7 Å². The number of hydrogen-bond donors (Lipinski definition) is 1. The molecule has 0 atom stereocenters. The number of hydrogen-bond acceptors (Lipinski definition) is 4. The van der Waals surface area contributed by atoms with Gasteiger partial charge in [0.25, 0.3) is 0 Å². The first kappa shape index (κ1) is 20.0. The summed E-state index contributed by atoms with van der Waals surface area (Å²) >= 11 is 1.60. The van der Waals surface area contributed by atoms with Crippen LogP contribution in [-0.4, -0.2) is 29.4 Å². The van der Waals surface area contributed by atoms with Crippen molar-refractivity contribution in [2.24, 2.45) is 11.1 Å². The van der Waals surface area contributed by atoms with E-state index in [1.54, 1.807) is 23.3 Å². The molecule has 0 spiro atoms. The zero-order valence-corrected chi connectivity index (χ0v) is 13.5. The second-order valence-electron chi connectivity index (χ2n) is 4.61. The molecule has 1 rings (SSSR count). The smallest absolute Gasteiger partial charge is 0.229 e. The molecule has 0 aliphatic heterocycles. The van der Waals surface area contributed by atoms with Gasteiger partial charge in [-0.1, -0.05) is 0 Å². The molecule has 18 heavy (non-hydrogen) atoms. The van der Waals surface area contributed by atoms with Gasteiger partial charge in [0.05, 0.1) is 22.7 Å². The number of nitrogens with zero attached hydrogens (tertiary/aromatic N) is 2. The van der Waals surface area contributed by atoms with E-state index in [9.17, 15) is 4.79 Å². The molecule has 0 aliphatic carbocycles. The molecule has 1 heterocycles. The van der Waals surface area contributed by atoms with Crippen molar-refractivity contribution in [3.63, 3.8) is 0 Å². The molecule has 1 aromatic heterocycles. The number of rotatable bonds is 4. The summed E-state index contributed by atoms with van der Waals surface area (Å²) in [5.41, 5.74) is 6.02. The largest absolute Gasteiger partial charge is 0.339 e. The Morgan fingerprint density at radius 1 is 1.50 bits per heavy atom. The maximum Gasteiger partial charge on any atom is 0.229 e. The van der Waals surface area contributed by atoms with Crippen molar-refractivity contribution in [3.8, 4) is 0 Å². The number of aryl methyl sites for hydroxylation is 1. The topological polar surface area (TPSA) is 59.2 Å². The average molecular weight is 314 g/mol. The first-order valence-corrected chi connectivity index (χ1v) is 6.11. The van der Waals surface area contributed by atoms with Gasteiger partial charge in [0, 0.05) is 19.0 Å². The quantitative estimate of drug-likeness (QED) is 0.927. The van der Waals surface area contributed by atoms with Crippen LogP contribution in [0.5, 0.6) is 0 Å². The molecule has 0 saturated heterocycles. The molecule has 0 radical (unpaired) electrons. The van der Waals surface area contributed by atoms with Gasteiger partial charge in [-0.3, -0.25) is 4.79 Å². The molecule has 1 aromatic rings. The van der Waals surface area contributed by atoms with Gasteiger partial charge >= 0.3 is 0 Å². The molecule has 0 aromatic carbocycles. The third-order valence-corrected chi connectivity index (χ3v) is 3.32. The van der Waals surface area contributed by atoms with E-state index in [4.69, 9.17) is 5.73 Å². The lowest BCUT2D eigenvalue weighted by Crippen LogP contribution is -2.42. The second kappa shape index (κ2) is 7.94. The normalized spacial score (nSPS) is 10.3. The highest BCUT2D eigenvalue weighted by molar-refractivity contribution is 7.09. The van der Waals surface area contributed by atoms with Crippen LogP contribution in [-0.2, 0) is 11.3 Å². The predicted molar refractivity (Wildman–Crippen MR) is 80.7 cm³/mol. The van der Waals surface area contributed by atoms with Crippen LogP contribution < -0.4 is 5.73 Å². The van der Waals surface area contributed by atoms with E-state index >= 15 is 0 Å². The summed E-state index contributed by atoms with van der Waals surface area (Å²) < 4.78 is 0. The predicted octanol–water partition coefficient (Wildman–Crippen LogP) is 2.24. The van der Waals surface area contributed by atoms with Gasteiger partial charge in [-0.15, -0.1) is 36.2 Å². The maximum absolute atomic E-state index is 12.0.